The van der Waals surface area contributed by atoms with Gasteiger partial charge < -0.3 is 14.5 Å². The number of fused-ring (bicyclic) bond motifs is 2. The number of benzene rings is 4. The van der Waals surface area contributed by atoms with Crippen LogP contribution in [0.3, 0.4) is 0 Å². The van der Waals surface area contributed by atoms with Crippen LogP contribution in [-0.2, 0) is 0 Å². The van der Waals surface area contributed by atoms with Crippen molar-refractivity contribution in [2.45, 2.75) is 26.4 Å². The molecule has 1 amide bonds. The van der Waals surface area contributed by atoms with E-state index in [-0.39, 0.29) is 17.1 Å². The van der Waals surface area contributed by atoms with Gasteiger partial charge in [0.05, 0.1) is 6.10 Å². The van der Waals surface area contributed by atoms with Crippen molar-refractivity contribution in [3.05, 3.63) is 89.4 Å². The molecule has 1 heterocycles. The summed E-state index contributed by atoms with van der Waals surface area (Å²) in [4.78, 5) is 17.4. The summed E-state index contributed by atoms with van der Waals surface area (Å²) in [5, 5.41) is 8.50. The van der Waals surface area contributed by atoms with E-state index in [1.807, 2.05) is 74.5 Å². The molecule has 37 heavy (non-hydrogen) atoms. The van der Waals surface area contributed by atoms with E-state index in [4.69, 9.17) is 33.0 Å². The van der Waals surface area contributed by atoms with Crippen molar-refractivity contribution in [3.8, 4) is 17.2 Å². The van der Waals surface area contributed by atoms with Gasteiger partial charge in [0.15, 0.2) is 10.7 Å². The fourth-order valence-corrected chi connectivity index (χ4v) is 4.39. The summed E-state index contributed by atoms with van der Waals surface area (Å²) in [5.41, 5.74) is 3.27. The molecule has 5 rings (SSSR count). The lowest BCUT2D eigenvalue weighted by molar-refractivity contribution is 0.0977. The van der Waals surface area contributed by atoms with E-state index >= 15 is 0 Å². The van der Waals surface area contributed by atoms with Crippen LogP contribution in [-0.4, -0.2) is 22.1 Å². The number of nitrogens with zero attached hydrogens (tertiary/aromatic N) is 1. The molecule has 0 saturated carbocycles. The largest absolute Gasteiger partial charge is 0.491 e. The molecule has 8 heteroatoms. The van der Waals surface area contributed by atoms with E-state index in [0.717, 1.165) is 22.8 Å². The topological polar surface area (TPSA) is 76.4 Å². The first-order chi connectivity index (χ1) is 17.9. The summed E-state index contributed by atoms with van der Waals surface area (Å²) in [5.74, 6) is 0.809. The Morgan fingerprint density at radius 1 is 1.05 bits per heavy atom. The quantitative estimate of drug-likeness (QED) is 0.220. The molecule has 1 aromatic heterocycles. The van der Waals surface area contributed by atoms with Gasteiger partial charge in [-0.1, -0.05) is 48.9 Å². The van der Waals surface area contributed by atoms with Crippen molar-refractivity contribution in [2.75, 3.05) is 5.32 Å². The number of halogens is 1. The number of nitrogens with one attached hydrogen (secondary N) is 2. The summed E-state index contributed by atoms with van der Waals surface area (Å²) in [6.07, 6.45) is 0.935. The number of oxazole rings is 1. The van der Waals surface area contributed by atoms with Gasteiger partial charge in [0.25, 0.3) is 5.91 Å². The lowest BCUT2D eigenvalue weighted by atomic mass is 10.0. The van der Waals surface area contributed by atoms with E-state index < -0.39 is 0 Å². The van der Waals surface area contributed by atoms with Gasteiger partial charge in [-0.05, 0) is 79.5 Å². The van der Waals surface area contributed by atoms with E-state index in [9.17, 15) is 4.79 Å². The first-order valence-electron chi connectivity index (χ1n) is 11.9. The van der Waals surface area contributed by atoms with Crippen molar-refractivity contribution < 1.29 is 13.9 Å². The highest BCUT2D eigenvalue weighted by atomic mass is 35.5. The Morgan fingerprint density at radius 3 is 2.68 bits per heavy atom. The molecule has 186 valence electrons. The molecule has 0 aliphatic carbocycles. The number of rotatable bonds is 6. The number of hydrogen-bond donors (Lipinski definition) is 2. The molecule has 0 saturated heterocycles. The number of anilines is 1. The van der Waals surface area contributed by atoms with Gasteiger partial charge in [-0.2, -0.15) is 0 Å². The maximum Gasteiger partial charge on any atom is 0.257 e. The molecule has 0 bridgehead atoms. The van der Waals surface area contributed by atoms with Gasteiger partial charge in [-0.25, -0.2) is 4.98 Å². The third-order valence-electron chi connectivity index (χ3n) is 5.98. The highest BCUT2D eigenvalue weighted by molar-refractivity contribution is 7.80. The summed E-state index contributed by atoms with van der Waals surface area (Å²) in [6, 6.07) is 24.1. The Labute approximate surface area is 224 Å². The maximum atomic E-state index is 12.7. The molecule has 1 atom stereocenters. The van der Waals surface area contributed by atoms with Crippen LogP contribution in [0.4, 0.5) is 5.69 Å². The number of thiocarbonyl (C=S) groups is 1. The van der Waals surface area contributed by atoms with Gasteiger partial charge in [-0.3, -0.25) is 10.1 Å². The number of ether oxygens (including phenoxy) is 1. The molecule has 0 aliphatic heterocycles. The van der Waals surface area contributed by atoms with Gasteiger partial charge in [0.2, 0.25) is 5.89 Å². The second-order valence-corrected chi connectivity index (χ2v) is 9.43. The molecule has 1 unspecified atom stereocenters. The Kier molecular flexibility index (Phi) is 7.08. The number of amides is 1. The zero-order chi connectivity index (χ0) is 25.9. The van der Waals surface area contributed by atoms with Crippen molar-refractivity contribution in [1.82, 2.24) is 10.3 Å². The van der Waals surface area contributed by atoms with E-state index in [1.165, 1.54) is 0 Å². The minimum absolute atomic E-state index is 0.0615. The average Bonchev–Trinajstić information content (AvgIpc) is 3.32. The van der Waals surface area contributed by atoms with Crippen LogP contribution >= 0.6 is 23.8 Å². The fraction of sp³-hybridized carbons (Fsp3) is 0.138. The van der Waals surface area contributed by atoms with E-state index in [2.05, 4.69) is 15.6 Å². The van der Waals surface area contributed by atoms with Gasteiger partial charge in [0.1, 0.15) is 11.3 Å². The Balaban J connectivity index is 1.31. The van der Waals surface area contributed by atoms with Gasteiger partial charge >= 0.3 is 0 Å². The Morgan fingerprint density at radius 2 is 1.84 bits per heavy atom. The van der Waals surface area contributed by atoms with Crippen LogP contribution in [0.15, 0.2) is 83.3 Å². The number of carbonyl (C=O) groups is 1. The number of aromatic nitrogens is 1. The third kappa shape index (κ3) is 5.43. The highest BCUT2D eigenvalue weighted by Crippen LogP contribution is 2.34. The first kappa shape index (κ1) is 24.7. The number of carbonyl (C=O) groups excluding carboxylic acids is 1. The van der Waals surface area contributed by atoms with Gasteiger partial charge in [-0.15, -0.1) is 0 Å². The monoisotopic (exact) mass is 529 g/mol. The molecular formula is C29H24ClN3O3S. The van der Waals surface area contributed by atoms with E-state index in [0.29, 0.717) is 39.0 Å². The standard InChI is InChI=1S/C29H24ClN3O3S/c1-3-17(2)35-20-8-4-7-18(15-20)27(34)33-29(37)31-19-13-14-26-25(16-19)32-28(36-26)23-11-5-10-22-21(23)9-6-12-24(22)30/h4-17H,3H2,1-2H3,(H2,31,33,34,37). The van der Waals surface area contributed by atoms with Crippen molar-refractivity contribution in [1.29, 1.82) is 0 Å². The molecule has 0 radical (unpaired) electrons. The second kappa shape index (κ2) is 10.6. The highest BCUT2D eigenvalue weighted by Gasteiger charge is 2.14. The third-order valence-corrected chi connectivity index (χ3v) is 6.51. The number of hydrogen-bond acceptors (Lipinski definition) is 5. The molecule has 0 spiro atoms. The molecule has 2 N–H and O–H groups in total. The summed E-state index contributed by atoms with van der Waals surface area (Å²) in [7, 11) is 0. The zero-order valence-electron chi connectivity index (χ0n) is 20.2. The Bertz CT molecular complexity index is 1630. The molecule has 0 aliphatic rings. The van der Waals surface area contributed by atoms with Crippen LogP contribution in [0.25, 0.3) is 33.3 Å². The van der Waals surface area contributed by atoms with Crippen LogP contribution in [0.1, 0.15) is 30.6 Å². The average molecular weight is 530 g/mol. The minimum atomic E-state index is -0.327. The molecule has 5 aromatic rings. The smallest absolute Gasteiger partial charge is 0.257 e. The zero-order valence-corrected chi connectivity index (χ0v) is 21.8. The predicted octanol–water partition coefficient (Wildman–Crippen LogP) is 7.61. The van der Waals surface area contributed by atoms with Crippen LogP contribution in [0.5, 0.6) is 5.75 Å². The summed E-state index contributed by atoms with van der Waals surface area (Å²) in [6.45, 7) is 4.03. The second-order valence-electron chi connectivity index (χ2n) is 8.61. The lowest BCUT2D eigenvalue weighted by Crippen LogP contribution is -2.34. The molecular weight excluding hydrogens is 506 g/mol. The van der Waals surface area contributed by atoms with E-state index in [1.54, 1.807) is 18.2 Å². The van der Waals surface area contributed by atoms with Crippen molar-refractivity contribution in [3.63, 3.8) is 0 Å². The minimum Gasteiger partial charge on any atom is -0.491 e. The Hall–Kier alpha value is -3.94. The molecule has 4 aromatic carbocycles. The molecule has 0 fully saturated rings. The normalized spacial score (nSPS) is 11.9. The predicted molar refractivity (Wildman–Crippen MR) is 152 cm³/mol. The lowest BCUT2D eigenvalue weighted by Gasteiger charge is -2.14. The summed E-state index contributed by atoms with van der Waals surface area (Å²) >= 11 is 11.7. The van der Waals surface area contributed by atoms with Crippen molar-refractivity contribution in [2.24, 2.45) is 0 Å². The van der Waals surface area contributed by atoms with Crippen molar-refractivity contribution >= 4 is 62.4 Å². The molecule has 6 nitrogen and oxygen atoms in total. The van der Waals surface area contributed by atoms with Crippen LogP contribution in [0, 0.1) is 0 Å². The maximum absolute atomic E-state index is 12.7. The van der Waals surface area contributed by atoms with Gasteiger partial charge in [0, 0.05) is 27.2 Å². The first-order valence-corrected chi connectivity index (χ1v) is 12.7. The fourth-order valence-electron chi connectivity index (χ4n) is 3.94. The van der Waals surface area contributed by atoms with Crippen LogP contribution < -0.4 is 15.4 Å². The summed E-state index contributed by atoms with van der Waals surface area (Å²) < 4.78 is 11.8. The van der Waals surface area contributed by atoms with Crippen LogP contribution in [0.2, 0.25) is 5.02 Å². The SMILES string of the molecule is CCC(C)Oc1cccc(C(=O)NC(=S)Nc2ccc3oc(-c4cccc5c(Cl)cccc45)nc3c2)c1.